The number of nitrogens with zero attached hydrogens (tertiary/aromatic N) is 4. The number of ether oxygens (including phenoxy) is 1. The first-order chi connectivity index (χ1) is 10.6. The Kier molecular flexibility index (Phi) is 4.20. The number of carbonyl (C=O) groups excluding carboxylic acids is 1. The summed E-state index contributed by atoms with van der Waals surface area (Å²) in [6, 6.07) is 9.92. The molecule has 0 aliphatic carbocycles. The maximum Gasteiger partial charge on any atom is 0.224 e. The van der Waals surface area contributed by atoms with E-state index in [1.165, 1.54) is 0 Å². The number of carbonyl (C=O) groups is 1. The van der Waals surface area contributed by atoms with Gasteiger partial charge in [-0.1, -0.05) is 35.5 Å². The van der Waals surface area contributed by atoms with Crippen molar-refractivity contribution in [3.63, 3.8) is 0 Å². The van der Waals surface area contributed by atoms with Crippen LogP contribution in [0, 0.1) is 0 Å². The molecule has 1 aromatic heterocycles. The molecule has 2 bridgehead atoms. The standard InChI is InChI=1S/C16H20N4O2/c1-12-16(13-6-4-3-5-7-13)22-11-14-10-20(18-17-14)9-8-15(21)19(12)2/h3-7,10,12,16H,8-9,11H2,1-2H3/t12-,16-/m0/s1. The SMILES string of the molecule is C[C@H]1[C@@H](c2ccccc2)OCc2cn(nn2)CCC(=O)N1C. The third kappa shape index (κ3) is 3.01. The molecule has 2 aromatic rings. The average molecular weight is 300 g/mol. The van der Waals surface area contributed by atoms with Gasteiger partial charge < -0.3 is 9.64 Å². The van der Waals surface area contributed by atoms with Crippen molar-refractivity contribution in [2.24, 2.45) is 0 Å². The third-order valence-corrected chi connectivity index (χ3v) is 4.12. The van der Waals surface area contributed by atoms with Crippen LogP contribution in [0.3, 0.4) is 0 Å². The summed E-state index contributed by atoms with van der Waals surface area (Å²) in [5, 5.41) is 8.11. The number of fused-ring (bicyclic) bond motifs is 2. The lowest BCUT2D eigenvalue weighted by Crippen LogP contribution is -2.40. The van der Waals surface area contributed by atoms with E-state index in [2.05, 4.69) is 10.3 Å². The van der Waals surface area contributed by atoms with Gasteiger partial charge in [0.2, 0.25) is 5.91 Å². The zero-order valence-electron chi connectivity index (χ0n) is 12.8. The maximum absolute atomic E-state index is 12.4. The highest BCUT2D eigenvalue weighted by atomic mass is 16.5. The van der Waals surface area contributed by atoms with Crippen molar-refractivity contribution in [2.45, 2.75) is 38.6 Å². The van der Waals surface area contributed by atoms with Gasteiger partial charge >= 0.3 is 0 Å². The first-order valence-electron chi connectivity index (χ1n) is 7.46. The van der Waals surface area contributed by atoms with Gasteiger partial charge in [-0.15, -0.1) is 5.10 Å². The van der Waals surface area contributed by atoms with Crippen molar-refractivity contribution < 1.29 is 9.53 Å². The molecule has 1 aromatic carbocycles. The Hall–Kier alpha value is -2.21. The summed E-state index contributed by atoms with van der Waals surface area (Å²) in [4.78, 5) is 14.1. The van der Waals surface area contributed by atoms with Gasteiger partial charge in [-0.3, -0.25) is 9.48 Å². The number of rotatable bonds is 1. The second-order valence-corrected chi connectivity index (χ2v) is 5.61. The normalized spacial score (nSPS) is 23.2. The topological polar surface area (TPSA) is 60.2 Å². The average Bonchev–Trinajstić information content (AvgIpc) is 2.99. The predicted molar refractivity (Wildman–Crippen MR) is 80.8 cm³/mol. The minimum absolute atomic E-state index is 0.0564. The number of amides is 1. The first-order valence-corrected chi connectivity index (χ1v) is 7.46. The van der Waals surface area contributed by atoms with Crippen molar-refractivity contribution >= 4 is 5.91 Å². The second-order valence-electron chi connectivity index (χ2n) is 5.61. The highest BCUT2D eigenvalue weighted by Gasteiger charge is 2.27. The van der Waals surface area contributed by atoms with Crippen molar-refractivity contribution in [1.82, 2.24) is 19.9 Å². The summed E-state index contributed by atoms with van der Waals surface area (Å²) in [6.45, 7) is 2.94. The van der Waals surface area contributed by atoms with E-state index in [0.29, 0.717) is 19.6 Å². The molecule has 3 rings (SSSR count). The van der Waals surface area contributed by atoms with Crippen LogP contribution in [0.4, 0.5) is 0 Å². The van der Waals surface area contributed by atoms with Gasteiger partial charge in [-0.2, -0.15) is 0 Å². The molecule has 0 unspecified atom stereocenters. The molecular formula is C16H20N4O2. The Labute approximate surface area is 129 Å². The van der Waals surface area contributed by atoms with Gasteiger partial charge in [0.25, 0.3) is 0 Å². The van der Waals surface area contributed by atoms with E-state index in [0.717, 1.165) is 11.3 Å². The lowest BCUT2D eigenvalue weighted by molar-refractivity contribution is -0.135. The lowest BCUT2D eigenvalue weighted by atomic mass is 10.0. The van der Waals surface area contributed by atoms with Gasteiger partial charge in [0, 0.05) is 13.5 Å². The minimum Gasteiger partial charge on any atom is -0.365 e. The molecule has 2 atom stereocenters. The van der Waals surface area contributed by atoms with Crippen molar-refractivity contribution in [3.05, 3.63) is 47.8 Å². The van der Waals surface area contributed by atoms with Crippen LogP contribution in [0.25, 0.3) is 0 Å². The molecule has 1 aliphatic rings. The number of hydrogen-bond acceptors (Lipinski definition) is 4. The Bertz CT molecular complexity index is 641. The van der Waals surface area contributed by atoms with Crippen molar-refractivity contribution in [2.75, 3.05) is 7.05 Å². The molecule has 22 heavy (non-hydrogen) atoms. The Morgan fingerprint density at radius 2 is 2.05 bits per heavy atom. The summed E-state index contributed by atoms with van der Waals surface area (Å²) in [7, 11) is 1.83. The molecular weight excluding hydrogens is 280 g/mol. The zero-order valence-corrected chi connectivity index (χ0v) is 12.8. The highest BCUT2D eigenvalue weighted by Crippen LogP contribution is 2.26. The van der Waals surface area contributed by atoms with Crippen LogP contribution in [0.1, 0.15) is 30.7 Å². The zero-order chi connectivity index (χ0) is 15.5. The third-order valence-electron chi connectivity index (χ3n) is 4.12. The van der Waals surface area contributed by atoms with Gasteiger partial charge in [0.05, 0.1) is 25.4 Å². The molecule has 6 heteroatoms. The van der Waals surface area contributed by atoms with E-state index in [9.17, 15) is 4.79 Å². The van der Waals surface area contributed by atoms with E-state index >= 15 is 0 Å². The van der Waals surface area contributed by atoms with E-state index in [-0.39, 0.29) is 18.1 Å². The molecule has 0 radical (unpaired) electrons. The van der Waals surface area contributed by atoms with Crippen LogP contribution in [0.15, 0.2) is 36.5 Å². The Balaban J connectivity index is 1.92. The predicted octanol–water partition coefficient (Wildman–Crippen LogP) is 1.79. The first kappa shape index (κ1) is 14.7. The number of aromatic nitrogens is 3. The molecule has 0 spiro atoms. The van der Waals surface area contributed by atoms with Crippen molar-refractivity contribution in [3.8, 4) is 0 Å². The largest absolute Gasteiger partial charge is 0.365 e. The number of likely N-dealkylation sites (N-methyl/N-ethyl adjacent to an activating group) is 1. The highest BCUT2D eigenvalue weighted by molar-refractivity contribution is 5.76. The van der Waals surface area contributed by atoms with Crippen LogP contribution in [0.5, 0.6) is 0 Å². The van der Waals surface area contributed by atoms with Crippen LogP contribution < -0.4 is 0 Å². The van der Waals surface area contributed by atoms with E-state index in [1.54, 1.807) is 9.58 Å². The van der Waals surface area contributed by atoms with Crippen LogP contribution in [-0.2, 0) is 22.7 Å². The fourth-order valence-electron chi connectivity index (χ4n) is 2.66. The van der Waals surface area contributed by atoms with Crippen molar-refractivity contribution in [1.29, 1.82) is 0 Å². The quantitative estimate of drug-likeness (QED) is 0.805. The van der Waals surface area contributed by atoms with Crippen LogP contribution in [0.2, 0.25) is 0 Å². The van der Waals surface area contributed by atoms with Crippen LogP contribution in [-0.4, -0.2) is 38.9 Å². The molecule has 0 fully saturated rings. The molecule has 1 amide bonds. The smallest absolute Gasteiger partial charge is 0.224 e. The summed E-state index contributed by atoms with van der Waals surface area (Å²) in [5.41, 5.74) is 1.84. The number of hydrogen-bond donors (Lipinski definition) is 0. The fraction of sp³-hybridized carbons (Fsp3) is 0.438. The van der Waals surface area contributed by atoms with E-state index in [1.807, 2.05) is 50.5 Å². The molecule has 0 saturated heterocycles. The van der Waals surface area contributed by atoms with Gasteiger partial charge in [0.15, 0.2) is 0 Å². The molecule has 0 saturated carbocycles. The molecule has 6 nitrogen and oxygen atoms in total. The van der Waals surface area contributed by atoms with Gasteiger partial charge in [-0.25, -0.2) is 0 Å². The Morgan fingerprint density at radius 3 is 2.82 bits per heavy atom. The van der Waals surface area contributed by atoms with Gasteiger partial charge in [0.1, 0.15) is 11.8 Å². The molecule has 2 heterocycles. The van der Waals surface area contributed by atoms with Gasteiger partial charge in [-0.05, 0) is 12.5 Å². The van der Waals surface area contributed by atoms with Crippen LogP contribution >= 0.6 is 0 Å². The monoisotopic (exact) mass is 300 g/mol. The minimum atomic E-state index is -0.196. The summed E-state index contributed by atoms with van der Waals surface area (Å²) in [5.74, 6) is 0.0796. The van der Waals surface area contributed by atoms with E-state index in [4.69, 9.17) is 4.74 Å². The molecule has 116 valence electrons. The summed E-state index contributed by atoms with van der Waals surface area (Å²) in [6.07, 6.45) is 2.05. The summed E-state index contributed by atoms with van der Waals surface area (Å²) >= 11 is 0. The molecule has 1 aliphatic heterocycles. The second kappa shape index (κ2) is 6.27. The number of benzene rings is 1. The Morgan fingerprint density at radius 1 is 1.27 bits per heavy atom. The van der Waals surface area contributed by atoms with E-state index < -0.39 is 0 Å². The summed E-state index contributed by atoms with van der Waals surface area (Å²) < 4.78 is 7.77. The fourth-order valence-corrected chi connectivity index (χ4v) is 2.66. The maximum atomic E-state index is 12.4. The lowest BCUT2D eigenvalue weighted by Gasteiger charge is -2.32. The number of aryl methyl sites for hydroxylation is 1. The molecule has 0 N–H and O–H groups in total.